The Morgan fingerprint density at radius 3 is 2.27 bits per heavy atom. The molecule has 0 saturated carbocycles. The summed E-state index contributed by atoms with van der Waals surface area (Å²) >= 11 is -0.586. The van der Waals surface area contributed by atoms with Gasteiger partial charge in [0.15, 0.2) is 0 Å². The molecule has 0 aliphatic rings. The maximum atomic E-state index is 3.24. The van der Waals surface area contributed by atoms with Crippen molar-refractivity contribution in [1.29, 1.82) is 0 Å². The molecule has 0 heterocycles. The summed E-state index contributed by atoms with van der Waals surface area (Å²) in [5, 5.41) is 0. The van der Waals surface area contributed by atoms with Crippen LogP contribution < -0.4 is 0 Å². The number of hydrogen-bond acceptors (Lipinski definition) is 0. The number of benzene rings is 1. The molecular weight excluding hydrogens is 199 g/mol. The normalized spacial score (nSPS) is 9.00. The molecule has 0 amide bonds. The van der Waals surface area contributed by atoms with Crippen LogP contribution in [0.5, 0.6) is 0 Å². The van der Waals surface area contributed by atoms with Gasteiger partial charge in [0.25, 0.3) is 0 Å². The van der Waals surface area contributed by atoms with Crippen LogP contribution in [0.4, 0.5) is 0 Å². The minimum absolute atomic E-state index is 0.586. The summed E-state index contributed by atoms with van der Waals surface area (Å²) in [4.78, 5) is 3.24. The van der Waals surface area contributed by atoms with Crippen molar-refractivity contribution in [2.24, 2.45) is 0 Å². The van der Waals surface area contributed by atoms with Crippen molar-refractivity contribution in [3.05, 3.63) is 35.9 Å². The van der Waals surface area contributed by atoms with Gasteiger partial charge in [0.05, 0.1) is 0 Å². The molecule has 0 bridgehead atoms. The molecule has 0 aromatic heterocycles. The van der Waals surface area contributed by atoms with Crippen molar-refractivity contribution in [2.45, 2.75) is 11.6 Å². The second-order valence-corrected chi connectivity index (χ2v) is 6.26. The Morgan fingerprint density at radius 1 is 1.09 bits per heavy atom. The molecule has 0 fully saturated rings. The SMILES string of the molecule is C[Se+](C)C#Cc1ccccc1. The van der Waals surface area contributed by atoms with E-state index < -0.39 is 13.9 Å². The third-order valence-corrected chi connectivity index (χ3v) is 2.24. The zero-order valence-corrected chi connectivity index (χ0v) is 8.51. The van der Waals surface area contributed by atoms with Crippen molar-refractivity contribution < 1.29 is 0 Å². The van der Waals surface area contributed by atoms with E-state index in [1.807, 2.05) is 30.3 Å². The predicted octanol–water partition coefficient (Wildman–Crippen LogP) is 2.33. The fourth-order valence-electron chi connectivity index (χ4n) is 0.682. The van der Waals surface area contributed by atoms with Gasteiger partial charge in [-0.3, -0.25) is 0 Å². The quantitative estimate of drug-likeness (QED) is 0.455. The molecule has 1 aromatic rings. The monoisotopic (exact) mass is 211 g/mol. The average Bonchev–Trinajstić information content (AvgIpc) is 2.03. The second kappa shape index (κ2) is 4.23. The first-order valence-corrected chi connectivity index (χ1v) is 7.71. The van der Waals surface area contributed by atoms with E-state index in [0.717, 1.165) is 5.56 Å². The molecule has 0 aliphatic carbocycles. The topological polar surface area (TPSA) is 0 Å². The van der Waals surface area contributed by atoms with Gasteiger partial charge in [0.2, 0.25) is 0 Å². The minimum atomic E-state index is -0.586. The van der Waals surface area contributed by atoms with Gasteiger partial charge in [0.1, 0.15) is 0 Å². The summed E-state index contributed by atoms with van der Waals surface area (Å²) in [6, 6.07) is 10.1. The van der Waals surface area contributed by atoms with E-state index in [1.54, 1.807) is 0 Å². The molecule has 0 nitrogen and oxygen atoms in total. The second-order valence-electron chi connectivity index (χ2n) is 2.41. The zero-order valence-electron chi connectivity index (χ0n) is 6.79. The molecule has 56 valence electrons. The molecule has 11 heavy (non-hydrogen) atoms. The van der Waals surface area contributed by atoms with E-state index >= 15 is 0 Å². The van der Waals surface area contributed by atoms with Crippen molar-refractivity contribution in [3.8, 4) is 10.7 Å². The molecular formula is C10H11Se+. The van der Waals surface area contributed by atoms with Gasteiger partial charge in [-0.15, -0.1) is 0 Å². The van der Waals surface area contributed by atoms with Crippen molar-refractivity contribution in [2.75, 3.05) is 0 Å². The maximum absolute atomic E-state index is 3.24. The molecule has 1 heteroatoms. The van der Waals surface area contributed by atoms with E-state index in [4.69, 9.17) is 0 Å². The van der Waals surface area contributed by atoms with Crippen LogP contribution in [0.25, 0.3) is 0 Å². The van der Waals surface area contributed by atoms with Crippen LogP contribution in [0.15, 0.2) is 30.3 Å². The molecule has 1 aromatic carbocycles. The van der Waals surface area contributed by atoms with Crippen LogP contribution >= 0.6 is 0 Å². The molecule has 0 atom stereocenters. The van der Waals surface area contributed by atoms with Gasteiger partial charge >= 0.3 is 72.2 Å². The summed E-state index contributed by atoms with van der Waals surface area (Å²) in [5.74, 6) is 7.59. The molecule has 0 unspecified atom stereocenters. The molecule has 0 N–H and O–H groups in total. The van der Waals surface area contributed by atoms with Gasteiger partial charge in [-0.05, 0) is 0 Å². The summed E-state index contributed by atoms with van der Waals surface area (Å²) in [6.45, 7) is 0. The molecule has 0 saturated heterocycles. The van der Waals surface area contributed by atoms with Gasteiger partial charge in [-0.1, -0.05) is 0 Å². The van der Waals surface area contributed by atoms with Gasteiger partial charge < -0.3 is 0 Å². The fourth-order valence-corrected chi connectivity index (χ4v) is 1.36. The van der Waals surface area contributed by atoms with Crippen LogP contribution in [0, 0.1) is 10.7 Å². The van der Waals surface area contributed by atoms with Gasteiger partial charge in [-0.25, -0.2) is 0 Å². The van der Waals surface area contributed by atoms with Gasteiger partial charge in [0, 0.05) is 0 Å². The Labute approximate surface area is 72.5 Å². The third kappa shape index (κ3) is 3.28. The van der Waals surface area contributed by atoms with Crippen molar-refractivity contribution in [1.82, 2.24) is 0 Å². The van der Waals surface area contributed by atoms with E-state index in [-0.39, 0.29) is 0 Å². The first-order valence-electron chi connectivity index (χ1n) is 3.43. The number of rotatable bonds is 0. The van der Waals surface area contributed by atoms with Crippen LogP contribution in [0.1, 0.15) is 5.56 Å². The Morgan fingerprint density at radius 2 is 1.73 bits per heavy atom. The zero-order chi connectivity index (χ0) is 8.10. The Kier molecular flexibility index (Phi) is 3.23. The van der Waals surface area contributed by atoms with Crippen LogP contribution in [0.3, 0.4) is 0 Å². The standard InChI is InChI=1S/C10H11Se/c1-11(2)9-8-10-6-4-3-5-7-10/h3-7H,1-2H3/q+1. The summed E-state index contributed by atoms with van der Waals surface area (Å²) < 4.78 is 0. The van der Waals surface area contributed by atoms with Crippen LogP contribution in [-0.4, -0.2) is 13.9 Å². The Hall–Kier alpha value is -0.701. The number of hydrogen-bond donors (Lipinski definition) is 0. The van der Waals surface area contributed by atoms with E-state index in [0.29, 0.717) is 0 Å². The average molecular weight is 210 g/mol. The Balaban J connectivity index is 2.75. The van der Waals surface area contributed by atoms with Crippen molar-refractivity contribution >= 4 is 13.9 Å². The summed E-state index contributed by atoms with van der Waals surface area (Å²) in [5.41, 5.74) is 1.13. The van der Waals surface area contributed by atoms with Crippen LogP contribution in [0.2, 0.25) is 11.6 Å². The molecule has 1 rings (SSSR count). The molecule has 0 aliphatic heterocycles. The Bertz CT molecular complexity index is 264. The predicted molar refractivity (Wildman–Crippen MR) is 50.8 cm³/mol. The fraction of sp³-hybridized carbons (Fsp3) is 0.200. The summed E-state index contributed by atoms with van der Waals surface area (Å²) in [7, 11) is 0. The molecule has 0 radical (unpaired) electrons. The van der Waals surface area contributed by atoms with Gasteiger partial charge in [-0.2, -0.15) is 0 Å². The molecule has 0 spiro atoms. The summed E-state index contributed by atoms with van der Waals surface area (Å²) in [6.07, 6.45) is 0. The van der Waals surface area contributed by atoms with E-state index in [2.05, 4.69) is 22.4 Å². The first-order chi connectivity index (χ1) is 5.29. The first kappa shape index (κ1) is 8.40. The van der Waals surface area contributed by atoms with Crippen molar-refractivity contribution in [3.63, 3.8) is 0 Å². The third-order valence-electron chi connectivity index (χ3n) is 1.17. The van der Waals surface area contributed by atoms with Crippen LogP contribution in [-0.2, 0) is 0 Å². The van der Waals surface area contributed by atoms with E-state index in [1.165, 1.54) is 0 Å². The van der Waals surface area contributed by atoms with E-state index in [9.17, 15) is 0 Å².